The molecule has 0 unspecified atom stereocenters. The first-order valence-electron chi connectivity index (χ1n) is 4.95. The summed E-state index contributed by atoms with van der Waals surface area (Å²) in [5.74, 6) is -0.817. The molecule has 1 aromatic carbocycles. The van der Waals surface area contributed by atoms with Crippen molar-refractivity contribution in [1.29, 1.82) is 0 Å². The summed E-state index contributed by atoms with van der Waals surface area (Å²) in [6, 6.07) is 6.14. The lowest BCUT2D eigenvalue weighted by Crippen LogP contribution is -2.37. The van der Waals surface area contributed by atoms with Crippen LogP contribution in [0.2, 0.25) is 0 Å². The molecule has 0 heterocycles. The Hall–Kier alpha value is -1.88. The van der Waals surface area contributed by atoms with Crippen LogP contribution >= 0.6 is 0 Å². The Bertz CT molecular complexity index is 404. The summed E-state index contributed by atoms with van der Waals surface area (Å²) in [6.07, 6.45) is 0. The van der Waals surface area contributed by atoms with Gasteiger partial charge in [-0.3, -0.25) is 9.59 Å². The van der Waals surface area contributed by atoms with E-state index in [1.54, 1.807) is 25.1 Å². The summed E-state index contributed by atoms with van der Waals surface area (Å²) >= 11 is 0. The van der Waals surface area contributed by atoms with E-state index >= 15 is 0 Å². The minimum atomic E-state index is -0.554. The smallest absolute Gasteiger partial charge is 0.251 e. The number of amides is 2. The monoisotopic (exact) mass is 221 g/mol. The van der Waals surface area contributed by atoms with Gasteiger partial charge in [0.25, 0.3) is 5.91 Å². The van der Waals surface area contributed by atoms with Gasteiger partial charge in [-0.15, -0.1) is 0 Å². The lowest BCUT2D eigenvalue weighted by atomic mass is 10.1. The molecule has 1 atom stereocenters. The van der Waals surface area contributed by atoms with Crippen molar-refractivity contribution in [3.63, 3.8) is 0 Å². The van der Waals surface area contributed by atoms with Crippen molar-refractivity contribution in [3.05, 3.63) is 35.4 Å². The molecular weight excluding hydrogens is 206 g/mol. The van der Waals surface area contributed by atoms with E-state index in [4.69, 9.17) is 11.5 Å². The molecule has 5 heteroatoms. The van der Waals surface area contributed by atoms with Crippen molar-refractivity contribution in [3.8, 4) is 0 Å². The zero-order valence-electron chi connectivity index (χ0n) is 9.07. The number of carbonyl (C=O) groups is 2. The van der Waals surface area contributed by atoms with Crippen LogP contribution in [-0.4, -0.2) is 24.4 Å². The number of rotatable bonds is 4. The maximum atomic E-state index is 11.7. The van der Waals surface area contributed by atoms with Crippen LogP contribution in [0.15, 0.2) is 24.3 Å². The maximum Gasteiger partial charge on any atom is 0.251 e. The van der Waals surface area contributed by atoms with E-state index in [2.05, 4.69) is 5.32 Å². The molecule has 2 amide bonds. The molecular formula is C11H15N3O2. The molecule has 0 aliphatic rings. The third-order valence-corrected chi connectivity index (χ3v) is 2.14. The molecule has 0 aromatic heterocycles. The van der Waals surface area contributed by atoms with Gasteiger partial charge in [-0.05, 0) is 25.1 Å². The van der Waals surface area contributed by atoms with Crippen molar-refractivity contribution in [1.82, 2.24) is 5.32 Å². The van der Waals surface area contributed by atoms with E-state index in [9.17, 15) is 9.59 Å². The summed E-state index contributed by atoms with van der Waals surface area (Å²) in [5.41, 5.74) is 11.2. The van der Waals surface area contributed by atoms with Crippen molar-refractivity contribution in [2.45, 2.75) is 13.0 Å². The fourth-order valence-electron chi connectivity index (χ4n) is 1.18. The molecule has 1 aromatic rings. The van der Waals surface area contributed by atoms with Gasteiger partial charge in [-0.1, -0.05) is 6.07 Å². The minimum absolute atomic E-state index is 0.107. The van der Waals surface area contributed by atoms with Crippen LogP contribution in [0.25, 0.3) is 0 Å². The highest BCUT2D eigenvalue weighted by Crippen LogP contribution is 2.04. The number of nitrogens with one attached hydrogen (secondary N) is 1. The number of carbonyl (C=O) groups excluding carboxylic acids is 2. The van der Waals surface area contributed by atoms with Gasteiger partial charge in [-0.2, -0.15) is 0 Å². The average Bonchev–Trinajstić information content (AvgIpc) is 2.28. The molecule has 0 bridgehead atoms. The SMILES string of the molecule is C[C@@H](CN)NC(=O)c1cccc(C(N)=O)c1. The van der Waals surface area contributed by atoms with Crippen LogP contribution in [0, 0.1) is 0 Å². The van der Waals surface area contributed by atoms with Crippen molar-refractivity contribution in [2.24, 2.45) is 11.5 Å². The number of benzene rings is 1. The molecule has 0 fully saturated rings. The van der Waals surface area contributed by atoms with Gasteiger partial charge < -0.3 is 16.8 Å². The predicted molar refractivity (Wildman–Crippen MR) is 60.9 cm³/mol. The van der Waals surface area contributed by atoms with Crippen LogP contribution in [0.5, 0.6) is 0 Å². The van der Waals surface area contributed by atoms with Gasteiger partial charge >= 0.3 is 0 Å². The Morgan fingerprint density at radius 3 is 2.56 bits per heavy atom. The Balaban J connectivity index is 2.83. The second-order valence-electron chi connectivity index (χ2n) is 3.56. The summed E-state index contributed by atoms with van der Waals surface area (Å²) in [4.78, 5) is 22.6. The zero-order valence-corrected chi connectivity index (χ0v) is 9.07. The molecule has 0 saturated carbocycles. The Morgan fingerprint density at radius 2 is 2.00 bits per heavy atom. The van der Waals surface area contributed by atoms with E-state index < -0.39 is 5.91 Å². The molecule has 0 radical (unpaired) electrons. The summed E-state index contributed by atoms with van der Waals surface area (Å²) in [7, 11) is 0. The molecule has 0 saturated heterocycles. The quantitative estimate of drug-likeness (QED) is 0.660. The van der Waals surface area contributed by atoms with Crippen LogP contribution in [0.4, 0.5) is 0 Å². The first-order chi connectivity index (χ1) is 7.54. The number of hydrogen-bond donors (Lipinski definition) is 3. The van der Waals surface area contributed by atoms with Gasteiger partial charge in [0.15, 0.2) is 0 Å². The van der Waals surface area contributed by atoms with Gasteiger partial charge in [0.05, 0.1) is 0 Å². The highest BCUT2D eigenvalue weighted by molar-refractivity contribution is 5.99. The van der Waals surface area contributed by atoms with E-state index in [0.29, 0.717) is 17.7 Å². The van der Waals surface area contributed by atoms with Crippen LogP contribution in [0.3, 0.4) is 0 Å². The minimum Gasteiger partial charge on any atom is -0.366 e. The molecule has 1 rings (SSSR count). The molecule has 86 valence electrons. The normalized spacial score (nSPS) is 11.9. The second kappa shape index (κ2) is 5.27. The lowest BCUT2D eigenvalue weighted by molar-refractivity contribution is 0.0941. The lowest BCUT2D eigenvalue weighted by Gasteiger charge is -2.11. The van der Waals surface area contributed by atoms with Crippen LogP contribution < -0.4 is 16.8 Å². The third-order valence-electron chi connectivity index (χ3n) is 2.14. The molecule has 0 aliphatic carbocycles. The highest BCUT2D eigenvalue weighted by atomic mass is 16.2. The molecule has 5 N–H and O–H groups in total. The third kappa shape index (κ3) is 3.06. The first kappa shape index (κ1) is 12.2. The Kier molecular flexibility index (Phi) is 4.02. The fourth-order valence-corrected chi connectivity index (χ4v) is 1.18. The van der Waals surface area contributed by atoms with Crippen LogP contribution in [0.1, 0.15) is 27.6 Å². The molecule has 0 spiro atoms. The number of primary amides is 1. The average molecular weight is 221 g/mol. The van der Waals surface area contributed by atoms with Crippen molar-refractivity contribution >= 4 is 11.8 Å². The standard InChI is InChI=1S/C11H15N3O2/c1-7(6-12)14-11(16)9-4-2-3-8(5-9)10(13)15/h2-5,7H,6,12H2,1H3,(H2,13,15)(H,14,16)/t7-/m0/s1. The van der Waals surface area contributed by atoms with E-state index in [-0.39, 0.29) is 11.9 Å². The van der Waals surface area contributed by atoms with E-state index in [1.165, 1.54) is 6.07 Å². The first-order valence-corrected chi connectivity index (χ1v) is 4.95. The van der Waals surface area contributed by atoms with Crippen LogP contribution in [-0.2, 0) is 0 Å². The van der Waals surface area contributed by atoms with Gasteiger partial charge in [0.1, 0.15) is 0 Å². The molecule has 16 heavy (non-hydrogen) atoms. The summed E-state index contributed by atoms with van der Waals surface area (Å²) < 4.78 is 0. The topological polar surface area (TPSA) is 98.2 Å². The highest BCUT2D eigenvalue weighted by Gasteiger charge is 2.10. The Morgan fingerprint density at radius 1 is 1.38 bits per heavy atom. The largest absolute Gasteiger partial charge is 0.366 e. The summed E-state index contributed by atoms with van der Waals surface area (Å²) in [6.45, 7) is 2.16. The summed E-state index contributed by atoms with van der Waals surface area (Å²) in [5, 5.41) is 2.70. The maximum absolute atomic E-state index is 11.7. The second-order valence-corrected chi connectivity index (χ2v) is 3.56. The van der Waals surface area contributed by atoms with E-state index in [0.717, 1.165) is 0 Å². The molecule has 5 nitrogen and oxygen atoms in total. The number of nitrogens with two attached hydrogens (primary N) is 2. The van der Waals surface area contributed by atoms with Gasteiger partial charge in [0.2, 0.25) is 5.91 Å². The zero-order chi connectivity index (χ0) is 12.1. The van der Waals surface area contributed by atoms with Crippen molar-refractivity contribution in [2.75, 3.05) is 6.54 Å². The Labute approximate surface area is 93.8 Å². The predicted octanol–water partition coefficient (Wildman–Crippen LogP) is -0.137. The van der Waals surface area contributed by atoms with Gasteiger partial charge in [0, 0.05) is 23.7 Å². The van der Waals surface area contributed by atoms with E-state index in [1.807, 2.05) is 0 Å². The number of hydrogen-bond acceptors (Lipinski definition) is 3. The van der Waals surface area contributed by atoms with Crippen molar-refractivity contribution < 1.29 is 9.59 Å². The molecule has 0 aliphatic heterocycles. The fraction of sp³-hybridized carbons (Fsp3) is 0.273. The van der Waals surface area contributed by atoms with Gasteiger partial charge in [-0.25, -0.2) is 0 Å².